The third-order valence-electron chi connectivity index (χ3n) is 6.12. The van der Waals surface area contributed by atoms with Crippen molar-refractivity contribution in [2.45, 2.75) is 50.9 Å². The van der Waals surface area contributed by atoms with Crippen LogP contribution in [0.2, 0.25) is 5.02 Å². The number of alkyl halides is 3. The van der Waals surface area contributed by atoms with Crippen molar-refractivity contribution in [3.05, 3.63) is 47.9 Å². The molecular formula is C24H26ClF3N6O2. The predicted molar refractivity (Wildman–Crippen MR) is 130 cm³/mol. The van der Waals surface area contributed by atoms with E-state index in [4.69, 9.17) is 11.6 Å². The molecule has 2 aromatic heterocycles. The summed E-state index contributed by atoms with van der Waals surface area (Å²) in [6.07, 6.45) is 2.11. The lowest BCUT2D eigenvalue weighted by atomic mass is 9.83. The van der Waals surface area contributed by atoms with Gasteiger partial charge in [-0.3, -0.25) is 9.48 Å². The lowest BCUT2D eigenvalue weighted by Gasteiger charge is -2.29. The Labute approximate surface area is 210 Å². The fourth-order valence-corrected chi connectivity index (χ4v) is 4.46. The summed E-state index contributed by atoms with van der Waals surface area (Å²) in [6, 6.07) is 7.11. The Bertz CT molecular complexity index is 1190. The molecule has 12 heteroatoms. The molecule has 0 saturated heterocycles. The molecule has 1 fully saturated rings. The van der Waals surface area contributed by atoms with Gasteiger partial charge in [0.15, 0.2) is 0 Å². The Morgan fingerprint density at radius 1 is 1.19 bits per heavy atom. The second-order valence-corrected chi connectivity index (χ2v) is 9.23. The number of aliphatic hydroxyl groups is 1. The van der Waals surface area contributed by atoms with Crippen LogP contribution < -0.4 is 10.6 Å². The van der Waals surface area contributed by atoms with Crippen molar-refractivity contribution < 1.29 is 23.1 Å². The smallest absolute Gasteiger partial charge is 0.394 e. The second kappa shape index (κ2) is 11.3. The van der Waals surface area contributed by atoms with Gasteiger partial charge >= 0.3 is 6.18 Å². The molecule has 4 rings (SSSR count). The van der Waals surface area contributed by atoms with Crippen LogP contribution in [0.3, 0.4) is 0 Å². The highest BCUT2D eigenvalue weighted by Gasteiger charge is 2.39. The molecule has 3 aromatic rings. The SMILES string of the molecule is O=C(CC1CCC(Nc2nc(Nc3cccc(Cl)c3)ncc2-c2cnn(CCO)c2)CC1)C(F)(F)F. The number of aliphatic hydroxyl groups excluding tert-OH is 1. The lowest BCUT2D eigenvalue weighted by Crippen LogP contribution is -2.30. The van der Waals surface area contributed by atoms with Crippen LogP contribution in [0.5, 0.6) is 0 Å². The monoisotopic (exact) mass is 522 g/mol. The van der Waals surface area contributed by atoms with E-state index in [-0.39, 0.29) is 18.6 Å². The largest absolute Gasteiger partial charge is 0.449 e. The van der Waals surface area contributed by atoms with Gasteiger partial charge in [0.1, 0.15) is 5.82 Å². The number of hydrogen-bond acceptors (Lipinski definition) is 7. The van der Waals surface area contributed by atoms with Crippen molar-refractivity contribution >= 4 is 34.8 Å². The molecule has 1 aliphatic carbocycles. The summed E-state index contributed by atoms with van der Waals surface area (Å²) in [6.45, 7) is 0.296. The number of hydrogen-bond donors (Lipinski definition) is 3. The topological polar surface area (TPSA) is 105 Å². The summed E-state index contributed by atoms with van der Waals surface area (Å²) in [7, 11) is 0. The van der Waals surface area contributed by atoms with Crippen LogP contribution in [0.1, 0.15) is 32.1 Å². The Balaban J connectivity index is 1.51. The first-order valence-electron chi connectivity index (χ1n) is 11.6. The van der Waals surface area contributed by atoms with E-state index in [2.05, 4.69) is 25.7 Å². The van der Waals surface area contributed by atoms with Gasteiger partial charge < -0.3 is 15.7 Å². The lowest BCUT2D eigenvalue weighted by molar-refractivity contribution is -0.172. The van der Waals surface area contributed by atoms with E-state index in [0.29, 0.717) is 60.3 Å². The van der Waals surface area contributed by atoms with E-state index < -0.39 is 18.4 Å². The maximum atomic E-state index is 12.6. The van der Waals surface area contributed by atoms with Gasteiger partial charge in [-0.2, -0.15) is 23.3 Å². The van der Waals surface area contributed by atoms with Crippen molar-refractivity contribution in [3.63, 3.8) is 0 Å². The Morgan fingerprint density at radius 3 is 2.67 bits per heavy atom. The number of halogens is 4. The minimum Gasteiger partial charge on any atom is -0.394 e. The van der Waals surface area contributed by atoms with Crippen LogP contribution in [0, 0.1) is 5.92 Å². The fraction of sp³-hybridized carbons (Fsp3) is 0.417. The van der Waals surface area contributed by atoms with Crippen molar-refractivity contribution in [1.82, 2.24) is 19.7 Å². The third-order valence-corrected chi connectivity index (χ3v) is 6.36. The van der Waals surface area contributed by atoms with Crippen LogP contribution in [0.4, 0.5) is 30.6 Å². The molecule has 0 radical (unpaired) electrons. The zero-order valence-corrected chi connectivity index (χ0v) is 20.1. The van der Waals surface area contributed by atoms with E-state index in [1.807, 2.05) is 6.07 Å². The molecule has 8 nitrogen and oxygen atoms in total. The van der Waals surface area contributed by atoms with Crippen molar-refractivity contribution in [3.8, 4) is 11.1 Å². The molecule has 1 aromatic carbocycles. The number of benzene rings is 1. The first-order chi connectivity index (χ1) is 17.2. The van der Waals surface area contributed by atoms with Crippen LogP contribution in [-0.4, -0.2) is 49.5 Å². The van der Waals surface area contributed by atoms with Crippen molar-refractivity contribution in [1.29, 1.82) is 0 Å². The van der Waals surface area contributed by atoms with Gasteiger partial charge in [-0.1, -0.05) is 17.7 Å². The number of carbonyl (C=O) groups excluding carboxylic acids is 1. The molecule has 0 spiro atoms. The van der Waals surface area contributed by atoms with Crippen LogP contribution in [0.25, 0.3) is 11.1 Å². The van der Waals surface area contributed by atoms with Gasteiger partial charge in [0.2, 0.25) is 11.7 Å². The Hall–Kier alpha value is -3.18. The minimum absolute atomic E-state index is 0.0256. The summed E-state index contributed by atoms with van der Waals surface area (Å²) in [5, 5.41) is 20.5. The fourth-order valence-electron chi connectivity index (χ4n) is 4.27. The van der Waals surface area contributed by atoms with Crippen LogP contribution >= 0.6 is 11.6 Å². The van der Waals surface area contributed by atoms with E-state index in [1.165, 1.54) is 0 Å². The van der Waals surface area contributed by atoms with Gasteiger partial charge in [-0.25, -0.2) is 4.98 Å². The van der Waals surface area contributed by atoms with Gasteiger partial charge in [0.05, 0.1) is 19.3 Å². The zero-order valence-electron chi connectivity index (χ0n) is 19.3. The number of carbonyl (C=O) groups is 1. The number of ketones is 1. The number of nitrogens with one attached hydrogen (secondary N) is 2. The zero-order chi connectivity index (χ0) is 25.7. The van der Waals surface area contributed by atoms with Crippen LogP contribution in [0.15, 0.2) is 42.9 Å². The Morgan fingerprint density at radius 2 is 1.97 bits per heavy atom. The van der Waals surface area contributed by atoms with E-state index in [1.54, 1.807) is 41.5 Å². The molecule has 0 amide bonds. The second-order valence-electron chi connectivity index (χ2n) is 8.79. The van der Waals surface area contributed by atoms with Gasteiger partial charge in [-0.05, 0) is 49.8 Å². The molecule has 1 saturated carbocycles. The Kier molecular flexibility index (Phi) is 8.10. The van der Waals surface area contributed by atoms with Crippen molar-refractivity contribution in [2.24, 2.45) is 5.92 Å². The number of Topliss-reactive ketones (excluding diaryl/α,β-unsaturated/α-hetero) is 1. The summed E-state index contributed by atoms with van der Waals surface area (Å²) < 4.78 is 39.5. The summed E-state index contributed by atoms with van der Waals surface area (Å²) in [5.74, 6) is -1.05. The summed E-state index contributed by atoms with van der Waals surface area (Å²) in [4.78, 5) is 20.4. The maximum absolute atomic E-state index is 12.6. The number of rotatable bonds is 9. The van der Waals surface area contributed by atoms with E-state index in [0.717, 1.165) is 5.56 Å². The average Bonchev–Trinajstić information content (AvgIpc) is 3.28. The molecule has 1 aliphatic rings. The third kappa shape index (κ3) is 6.73. The molecule has 0 bridgehead atoms. The average molecular weight is 523 g/mol. The number of anilines is 3. The molecule has 36 heavy (non-hydrogen) atoms. The highest BCUT2D eigenvalue weighted by atomic mass is 35.5. The highest BCUT2D eigenvalue weighted by molar-refractivity contribution is 6.30. The van der Waals surface area contributed by atoms with Gasteiger partial charge in [-0.15, -0.1) is 0 Å². The molecular weight excluding hydrogens is 497 g/mol. The molecule has 0 aliphatic heterocycles. The minimum atomic E-state index is -4.78. The molecule has 0 unspecified atom stereocenters. The summed E-state index contributed by atoms with van der Waals surface area (Å²) in [5.41, 5.74) is 2.17. The normalized spacial score (nSPS) is 18.1. The van der Waals surface area contributed by atoms with Crippen molar-refractivity contribution in [2.75, 3.05) is 17.2 Å². The predicted octanol–water partition coefficient (Wildman–Crippen LogP) is 5.22. The highest BCUT2D eigenvalue weighted by Crippen LogP contribution is 2.34. The maximum Gasteiger partial charge on any atom is 0.449 e. The molecule has 3 N–H and O–H groups in total. The summed E-state index contributed by atoms with van der Waals surface area (Å²) >= 11 is 6.07. The quantitative estimate of drug-likeness (QED) is 0.354. The molecule has 0 atom stereocenters. The van der Waals surface area contributed by atoms with Gasteiger partial charge in [0, 0.05) is 46.7 Å². The molecule has 2 heterocycles. The van der Waals surface area contributed by atoms with E-state index >= 15 is 0 Å². The first kappa shape index (κ1) is 25.9. The number of nitrogens with zero attached hydrogens (tertiary/aromatic N) is 4. The van der Waals surface area contributed by atoms with E-state index in [9.17, 15) is 23.1 Å². The molecule has 192 valence electrons. The van der Waals surface area contributed by atoms with Gasteiger partial charge in [0.25, 0.3) is 0 Å². The standard InChI is InChI=1S/C24H26ClF3N6O2/c25-17-2-1-3-19(11-17)32-23-29-13-20(16-12-30-34(14-16)8-9-35)22(33-23)31-18-6-4-15(5-7-18)10-21(36)24(26,27)28/h1-3,11-15,18,35H,4-10H2,(H2,29,31,32,33). The first-order valence-corrected chi connectivity index (χ1v) is 12.0. The number of aromatic nitrogens is 4. The van der Waals surface area contributed by atoms with Crippen LogP contribution in [-0.2, 0) is 11.3 Å².